The molecule has 1 aliphatic heterocycles. The van der Waals surface area contributed by atoms with Crippen LogP contribution < -0.4 is 4.74 Å². The van der Waals surface area contributed by atoms with Crippen LogP contribution in [0.3, 0.4) is 0 Å². The van der Waals surface area contributed by atoms with Crippen molar-refractivity contribution in [3.8, 4) is 5.75 Å². The Morgan fingerprint density at radius 3 is 2.41 bits per heavy atom. The number of fused-ring (bicyclic) bond motifs is 1. The third kappa shape index (κ3) is 4.36. The molecule has 1 aliphatic rings. The minimum absolute atomic E-state index is 0.0728. The highest BCUT2D eigenvalue weighted by Gasteiger charge is 2.28. The first-order valence-corrected chi connectivity index (χ1v) is 10.9. The number of aromatic nitrogens is 1. The predicted octanol–water partition coefficient (Wildman–Crippen LogP) is 4.36. The molecule has 4 aromatic rings. The fourth-order valence-corrected chi connectivity index (χ4v) is 4.09. The molecule has 6 nitrogen and oxygen atoms in total. The molecule has 0 N–H and O–H groups in total. The molecule has 1 amide bonds. The van der Waals surface area contributed by atoms with E-state index in [-0.39, 0.29) is 12.5 Å². The molecule has 0 saturated carbocycles. The molecule has 0 radical (unpaired) electrons. The zero-order valence-corrected chi connectivity index (χ0v) is 17.8. The van der Waals surface area contributed by atoms with Crippen LogP contribution in [-0.2, 0) is 13.2 Å². The van der Waals surface area contributed by atoms with Gasteiger partial charge in [0.1, 0.15) is 17.9 Å². The molecule has 5 rings (SSSR count). The van der Waals surface area contributed by atoms with Gasteiger partial charge in [-0.2, -0.15) is 0 Å². The Bertz CT molecular complexity index is 1180. The number of pyridine rings is 1. The van der Waals surface area contributed by atoms with E-state index in [9.17, 15) is 4.79 Å². The van der Waals surface area contributed by atoms with Crippen LogP contribution in [0, 0.1) is 0 Å². The lowest BCUT2D eigenvalue weighted by molar-refractivity contribution is 0.0596. The van der Waals surface area contributed by atoms with Gasteiger partial charge in [0.15, 0.2) is 5.76 Å². The average molecular weight is 428 g/mol. The van der Waals surface area contributed by atoms with E-state index in [2.05, 4.69) is 9.88 Å². The van der Waals surface area contributed by atoms with E-state index in [1.54, 1.807) is 0 Å². The number of nitrogens with zero attached hydrogens (tertiary/aromatic N) is 3. The van der Waals surface area contributed by atoms with Gasteiger partial charge in [0.25, 0.3) is 5.91 Å². The standard InChI is InChI=1S/C26H25N3O3/c30-26(29-16-14-28(15-17-29)18-20-10-12-27-13-11-20)25-23(19-31-21-6-2-1-3-7-21)22-8-4-5-9-24(22)32-25/h1-13H,14-19H2. The van der Waals surface area contributed by atoms with Gasteiger partial charge in [0.05, 0.1) is 0 Å². The summed E-state index contributed by atoms with van der Waals surface area (Å²) < 4.78 is 12.0. The number of carbonyl (C=O) groups excluding carboxylic acids is 1. The van der Waals surface area contributed by atoms with Crippen molar-refractivity contribution in [1.82, 2.24) is 14.8 Å². The van der Waals surface area contributed by atoms with Crippen LogP contribution in [0.4, 0.5) is 0 Å². The molecule has 0 atom stereocenters. The minimum Gasteiger partial charge on any atom is -0.489 e. The van der Waals surface area contributed by atoms with Gasteiger partial charge in [0.2, 0.25) is 0 Å². The zero-order valence-electron chi connectivity index (χ0n) is 17.8. The van der Waals surface area contributed by atoms with Crippen molar-refractivity contribution in [1.29, 1.82) is 0 Å². The van der Waals surface area contributed by atoms with E-state index in [0.717, 1.165) is 36.3 Å². The largest absolute Gasteiger partial charge is 0.489 e. The second kappa shape index (κ2) is 9.24. The van der Waals surface area contributed by atoms with Crippen molar-refractivity contribution in [3.05, 3.63) is 96.0 Å². The molecular weight excluding hydrogens is 402 g/mol. The molecule has 0 unspecified atom stereocenters. The first-order valence-electron chi connectivity index (χ1n) is 10.9. The van der Waals surface area contributed by atoms with Crippen LogP contribution in [0.15, 0.2) is 83.5 Å². The van der Waals surface area contributed by atoms with Crippen molar-refractivity contribution in [2.45, 2.75) is 13.2 Å². The number of amides is 1. The summed E-state index contributed by atoms with van der Waals surface area (Å²) in [5.74, 6) is 1.07. The van der Waals surface area contributed by atoms with Crippen LogP contribution in [0.25, 0.3) is 11.0 Å². The lowest BCUT2D eigenvalue weighted by Gasteiger charge is -2.34. The third-order valence-electron chi connectivity index (χ3n) is 5.83. The second-order valence-corrected chi connectivity index (χ2v) is 7.93. The lowest BCUT2D eigenvalue weighted by Crippen LogP contribution is -2.48. The summed E-state index contributed by atoms with van der Waals surface area (Å²) in [5, 5.41) is 0.920. The Kier molecular flexibility index (Phi) is 5.85. The molecule has 2 aromatic carbocycles. The van der Waals surface area contributed by atoms with Crippen LogP contribution in [0.2, 0.25) is 0 Å². The van der Waals surface area contributed by atoms with Crippen LogP contribution in [-0.4, -0.2) is 46.9 Å². The highest BCUT2D eigenvalue weighted by molar-refractivity contribution is 5.99. The van der Waals surface area contributed by atoms with Crippen molar-refractivity contribution in [3.63, 3.8) is 0 Å². The molecule has 162 valence electrons. The van der Waals surface area contributed by atoms with Gasteiger partial charge in [-0.15, -0.1) is 0 Å². The molecule has 3 heterocycles. The molecule has 32 heavy (non-hydrogen) atoms. The predicted molar refractivity (Wildman–Crippen MR) is 122 cm³/mol. The third-order valence-corrected chi connectivity index (χ3v) is 5.83. The number of rotatable bonds is 6. The van der Waals surface area contributed by atoms with Crippen LogP contribution in [0.1, 0.15) is 21.7 Å². The van der Waals surface area contributed by atoms with E-state index in [0.29, 0.717) is 24.4 Å². The maximum atomic E-state index is 13.4. The zero-order chi connectivity index (χ0) is 21.8. The summed E-state index contributed by atoms with van der Waals surface area (Å²) in [6.07, 6.45) is 3.63. The van der Waals surface area contributed by atoms with E-state index in [1.165, 1.54) is 5.56 Å². The lowest BCUT2D eigenvalue weighted by atomic mass is 10.1. The molecule has 1 fully saturated rings. The summed E-state index contributed by atoms with van der Waals surface area (Å²) in [7, 11) is 0. The minimum atomic E-state index is -0.0728. The number of benzene rings is 2. The van der Waals surface area contributed by atoms with Gasteiger partial charge in [-0.05, 0) is 35.9 Å². The smallest absolute Gasteiger partial charge is 0.290 e. The van der Waals surface area contributed by atoms with Crippen molar-refractivity contribution in [2.75, 3.05) is 26.2 Å². The Balaban J connectivity index is 1.31. The summed E-state index contributed by atoms with van der Waals surface area (Å²) in [5.41, 5.74) is 2.74. The average Bonchev–Trinajstić information content (AvgIpc) is 3.23. The highest BCUT2D eigenvalue weighted by atomic mass is 16.5. The molecule has 2 aromatic heterocycles. The van der Waals surface area contributed by atoms with Gasteiger partial charge in [0, 0.05) is 56.1 Å². The number of ether oxygens (including phenoxy) is 1. The second-order valence-electron chi connectivity index (χ2n) is 7.93. The highest BCUT2D eigenvalue weighted by Crippen LogP contribution is 2.28. The van der Waals surface area contributed by atoms with Gasteiger partial charge in [-0.3, -0.25) is 14.7 Å². The van der Waals surface area contributed by atoms with Gasteiger partial charge in [-0.1, -0.05) is 36.4 Å². The monoisotopic (exact) mass is 427 g/mol. The Labute approximate surface area is 187 Å². The summed E-state index contributed by atoms with van der Waals surface area (Å²) in [4.78, 5) is 21.7. The fourth-order valence-electron chi connectivity index (χ4n) is 4.09. The Morgan fingerprint density at radius 1 is 0.906 bits per heavy atom. The summed E-state index contributed by atoms with van der Waals surface area (Å²) >= 11 is 0. The summed E-state index contributed by atoms with van der Waals surface area (Å²) in [6.45, 7) is 4.13. The molecular formula is C26H25N3O3. The summed E-state index contributed by atoms with van der Waals surface area (Å²) in [6, 6.07) is 21.4. The SMILES string of the molecule is O=C(c1oc2ccccc2c1COc1ccccc1)N1CCN(Cc2ccncc2)CC1. The van der Waals surface area contributed by atoms with Crippen LogP contribution >= 0.6 is 0 Å². The van der Waals surface area contributed by atoms with E-state index >= 15 is 0 Å². The number of piperazine rings is 1. The number of carbonyl (C=O) groups is 1. The van der Waals surface area contributed by atoms with Gasteiger partial charge < -0.3 is 14.1 Å². The number of furan rings is 1. The number of hydrogen-bond donors (Lipinski definition) is 0. The van der Waals surface area contributed by atoms with Gasteiger partial charge >= 0.3 is 0 Å². The van der Waals surface area contributed by atoms with Crippen LogP contribution in [0.5, 0.6) is 5.75 Å². The first kappa shape index (κ1) is 20.3. The quantitative estimate of drug-likeness (QED) is 0.458. The van der Waals surface area contributed by atoms with Gasteiger partial charge in [-0.25, -0.2) is 0 Å². The maximum absolute atomic E-state index is 13.4. The molecule has 0 spiro atoms. The molecule has 0 bridgehead atoms. The fraction of sp³-hybridized carbons (Fsp3) is 0.231. The molecule has 6 heteroatoms. The Hall–Kier alpha value is -3.64. The number of hydrogen-bond acceptors (Lipinski definition) is 5. The van der Waals surface area contributed by atoms with E-state index < -0.39 is 0 Å². The molecule has 1 saturated heterocycles. The maximum Gasteiger partial charge on any atom is 0.290 e. The van der Waals surface area contributed by atoms with E-state index in [4.69, 9.17) is 9.15 Å². The Morgan fingerprint density at radius 2 is 1.62 bits per heavy atom. The normalized spacial score (nSPS) is 14.6. The van der Waals surface area contributed by atoms with Crippen molar-refractivity contribution >= 4 is 16.9 Å². The van der Waals surface area contributed by atoms with Crippen molar-refractivity contribution < 1.29 is 13.9 Å². The van der Waals surface area contributed by atoms with E-state index in [1.807, 2.05) is 84.0 Å². The van der Waals surface area contributed by atoms with Crippen molar-refractivity contribution in [2.24, 2.45) is 0 Å². The topological polar surface area (TPSA) is 58.8 Å². The number of para-hydroxylation sites is 2. The first-order chi connectivity index (χ1) is 15.8. The molecule has 0 aliphatic carbocycles.